The second kappa shape index (κ2) is 5.00. The van der Waals surface area contributed by atoms with E-state index in [9.17, 15) is 4.79 Å². The minimum absolute atomic E-state index is 0.219. The summed E-state index contributed by atoms with van der Waals surface area (Å²) in [5.41, 5.74) is 2.07. The fourth-order valence-corrected chi connectivity index (χ4v) is 2.82. The second-order valence-corrected chi connectivity index (χ2v) is 5.13. The summed E-state index contributed by atoms with van der Waals surface area (Å²) in [5, 5.41) is 10.2. The van der Waals surface area contributed by atoms with E-state index in [1.807, 2.05) is 25.2 Å². The molecule has 1 saturated heterocycles. The van der Waals surface area contributed by atoms with Crippen molar-refractivity contribution in [1.82, 2.24) is 9.88 Å². The first-order valence-electron chi connectivity index (χ1n) is 6.71. The first kappa shape index (κ1) is 12.7. The van der Waals surface area contributed by atoms with E-state index in [-0.39, 0.29) is 6.04 Å². The van der Waals surface area contributed by atoms with Crippen LogP contribution in [0, 0.1) is 0 Å². The number of hydrogen-bond acceptors (Lipinski definition) is 3. The summed E-state index contributed by atoms with van der Waals surface area (Å²) in [6.45, 7) is 1.16. The first-order chi connectivity index (χ1) is 9.66. The van der Waals surface area contributed by atoms with Crippen molar-refractivity contribution in [2.75, 3.05) is 25.0 Å². The van der Waals surface area contributed by atoms with Crippen LogP contribution in [0.25, 0.3) is 10.9 Å². The molecule has 0 aliphatic carbocycles. The SMILES string of the molecule is CN(c1cccc2ncccc12)C1CCN(C(=O)O)C1. The van der Waals surface area contributed by atoms with Crippen molar-refractivity contribution in [3.8, 4) is 0 Å². The molecule has 2 heterocycles. The molecule has 1 aliphatic rings. The van der Waals surface area contributed by atoms with Gasteiger partial charge in [0.2, 0.25) is 0 Å². The van der Waals surface area contributed by atoms with Crippen LogP contribution in [-0.2, 0) is 0 Å². The standard InChI is InChI=1S/C15H17N3O2/c1-17(11-7-9-18(10-11)15(19)20)14-6-2-5-13-12(14)4-3-8-16-13/h2-6,8,11H,7,9-10H2,1H3,(H,19,20). The molecule has 1 atom stereocenters. The molecule has 2 aromatic rings. The van der Waals surface area contributed by atoms with Crippen molar-refractivity contribution in [1.29, 1.82) is 0 Å². The highest BCUT2D eigenvalue weighted by Crippen LogP contribution is 2.28. The fourth-order valence-electron chi connectivity index (χ4n) is 2.82. The number of anilines is 1. The maximum Gasteiger partial charge on any atom is 0.407 e. The van der Waals surface area contributed by atoms with Crippen LogP contribution in [0.2, 0.25) is 0 Å². The highest BCUT2D eigenvalue weighted by Gasteiger charge is 2.29. The lowest BCUT2D eigenvalue weighted by molar-refractivity contribution is 0.155. The van der Waals surface area contributed by atoms with Crippen molar-refractivity contribution >= 4 is 22.7 Å². The number of rotatable bonds is 2. The number of amides is 1. The number of benzene rings is 1. The second-order valence-electron chi connectivity index (χ2n) is 5.13. The van der Waals surface area contributed by atoms with Crippen LogP contribution in [0.5, 0.6) is 0 Å². The molecule has 1 aliphatic heterocycles. The van der Waals surface area contributed by atoms with Crippen molar-refractivity contribution < 1.29 is 9.90 Å². The zero-order valence-corrected chi connectivity index (χ0v) is 11.4. The van der Waals surface area contributed by atoms with E-state index in [0.29, 0.717) is 13.1 Å². The number of carbonyl (C=O) groups is 1. The molecule has 3 rings (SSSR count). The molecule has 0 spiro atoms. The third-order valence-corrected chi connectivity index (χ3v) is 3.98. The maximum absolute atomic E-state index is 11.0. The van der Waals surface area contributed by atoms with Crippen LogP contribution in [0.3, 0.4) is 0 Å². The molecule has 5 nitrogen and oxygen atoms in total. The van der Waals surface area contributed by atoms with Gasteiger partial charge in [0.15, 0.2) is 0 Å². The van der Waals surface area contributed by atoms with Gasteiger partial charge in [0.05, 0.1) is 5.52 Å². The van der Waals surface area contributed by atoms with Gasteiger partial charge in [-0.3, -0.25) is 4.98 Å². The summed E-state index contributed by atoms with van der Waals surface area (Å²) < 4.78 is 0. The van der Waals surface area contributed by atoms with Crippen LogP contribution in [0.4, 0.5) is 10.5 Å². The Balaban J connectivity index is 1.90. The molecule has 0 bridgehead atoms. The monoisotopic (exact) mass is 271 g/mol. The summed E-state index contributed by atoms with van der Waals surface area (Å²) in [4.78, 5) is 19.0. The number of aromatic nitrogens is 1. The number of likely N-dealkylation sites (tertiary alicyclic amines) is 1. The Kier molecular flexibility index (Phi) is 3.18. The zero-order chi connectivity index (χ0) is 14.1. The number of fused-ring (bicyclic) bond motifs is 1. The number of pyridine rings is 1. The molecule has 1 fully saturated rings. The van der Waals surface area contributed by atoms with Gasteiger partial charge in [0, 0.05) is 43.4 Å². The Bertz CT molecular complexity index is 639. The van der Waals surface area contributed by atoms with Gasteiger partial charge in [0.1, 0.15) is 0 Å². The lowest BCUT2D eigenvalue weighted by Gasteiger charge is -2.27. The third-order valence-electron chi connectivity index (χ3n) is 3.98. The van der Waals surface area contributed by atoms with Crippen LogP contribution < -0.4 is 4.90 Å². The van der Waals surface area contributed by atoms with Crippen LogP contribution in [-0.4, -0.2) is 47.3 Å². The normalized spacial score (nSPS) is 18.4. The first-order valence-corrected chi connectivity index (χ1v) is 6.71. The summed E-state index contributed by atoms with van der Waals surface area (Å²) in [6.07, 6.45) is 1.81. The van der Waals surface area contributed by atoms with Gasteiger partial charge in [-0.25, -0.2) is 4.79 Å². The van der Waals surface area contributed by atoms with Crippen molar-refractivity contribution in [3.63, 3.8) is 0 Å². The van der Waals surface area contributed by atoms with E-state index in [1.54, 1.807) is 6.20 Å². The number of hydrogen-bond donors (Lipinski definition) is 1. The quantitative estimate of drug-likeness (QED) is 0.911. The van der Waals surface area contributed by atoms with E-state index < -0.39 is 6.09 Å². The van der Waals surface area contributed by atoms with E-state index in [0.717, 1.165) is 23.0 Å². The topological polar surface area (TPSA) is 56.7 Å². The molecule has 1 aromatic heterocycles. The van der Waals surface area contributed by atoms with Crippen molar-refractivity contribution in [2.45, 2.75) is 12.5 Å². The molecule has 0 radical (unpaired) electrons. The van der Waals surface area contributed by atoms with Crippen molar-refractivity contribution in [3.05, 3.63) is 36.5 Å². The predicted octanol–water partition coefficient (Wildman–Crippen LogP) is 2.42. The lowest BCUT2D eigenvalue weighted by Crippen LogP contribution is -2.36. The highest BCUT2D eigenvalue weighted by molar-refractivity contribution is 5.91. The molecule has 1 N–H and O–H groups in total. The van der Waals surface area contributed by atoms with E-state index in [1.165, 1.54) is 4.90 Å². The average molecular weight is 271 g/mol. The van der Waals surface area contributed by atoms with E-state index in [2.05, 4.69) is 22.0 Å². The molecule has 1 unspecified atom stereocenters. The van der Waals surface area contributed by atoms with Gasteiger partial charge in [-0.15, -0.1) is 0 Å². The zero-order valence-electron chi connectivity index (χ0n) is 11.4. The fraction of sp³-hybridized carbons (Fsp3) is 0.333. The lowest BCUT2D eigenvalue weighted by atomic mass is 10.1. The third kappa shape index (κ3) is 2.15. The van der Waals surface area contributed by atoms with Crippen LogP contribution in [0.15, 0.2) is 36.5 Å². The molecule has 104 valence electrons. The molecular formula is C15H17N3O2. The van der Waals surface area contributed by atoms with Gasteiger partial charge in [-0.1, -0.05) is 6.07 Å². The average Bonchev–Trinajstić information content (AvgIpc) is 2.96. The number of carboxylic acid groups (broad SMARTS) is 1. The molecule has 5 heteroatoms. The van der Waals surface area contributed by atoms with Crippen LogP contribution >= 0.6 is 0 Å². The van der Waals surface area contributed by atoms with Gasteiger partial charge in [-0.05, 0) is 30.7 Å². The molecule has 1 amide bonds. The van der Waals surface area contributed by atoms with E-state index in [4.69, 9.17) is 5.11 Å². The minimum atomic E-state index is -0.833. The summed E-state index contributed by atoms with van der Waals surface area (Å²) >= 11 is 0. The Morgan fingerprint density at radius 3 is 3.00 bits per heavy atom. The van der Waals surface area contributed by atoms with Crippen LogP contribution in [0.1, 0.15) is 6.42 Å². The number of nitrogens with zero attached hydrogens (tertiary/aromatic N) is 3. The van der Waals surface area contributed by atoms with Gasteiger partial charge < -0.3 is 14.9 Å². The Morgan fingerprint density at radius 2 is 2.25 bits per heavy atom. The Hall–Kier alpha value is -2.30. The van der Waals surface area contributed by atoms with Gasteiger partial charge >= 0.3 is 6.09 Å². The molecule has 0 saturated carbocycles. The van der Waals surface area contributed by atoms with Gasteiger partial charge in [-0.2, -0.15) is 0 Å². The summed E-state index contributed by atoms with van der Waals surface area (Å²) in [6, 6.07) is 10.2. The molecule has 20 heavy (non-hydrogen) atoms. The minimum Gasteiger partial charge on any atom is -0.465 e. The predicted molar refractivity (Wildman–Crippen MR) is 78.1 cm³/mol. The molecule has 1 aromatic carbocycles. The van der Waals surface area contributed by atoms with E-state index >= 15 is 0 Å². The summed E-state index contributed by atoms with van der Waals surface area (Å²) in [5.74, 6) is 0. The summed E-state index contributed by atoms with van der Waals surface area (Å²) in [7, 11) is 2.03. The van der Waals surface area contributed by atoms with Crippen molar-refractivity contribution in [2.24, 2.45) is 0 Å². The largest absolute Gasteiger partial charge is 0.465 e. The maximum atomic E-state index is 11.0. The highest BCUT2D eigenvalue weighted by atomic mass is 16.4. The Labute approximate surface area is 117 Å². The smallest absolute Gasteiger partial charge is 0.407 e. The number of likely N-dealkylation sites (N-methyl/N-ethyl adjacent to an activating group) is 1. The molecular weight excluding hydrogens is 254 g/mol. The Morgan fingerprint density at radius 1 is 1.40 bits per heavy atom. The van der Waals surface area contributed by atoms with Gasteiger partial charge in [0.25, 0.3) is 0 Å².